The van der Waals surface area contributed by atoms with E-state index >= 15 is 0 Å². The van der Waals surface area contributed by atoms with Crippen LogP contribution >= 0.6 is 11.6 Å². The van der Waals surface area contributed by atoms with Gasteiger partial charge in [-0.3, -0.25) is 4.68 Å². The molecule has 1 heterocycles. The summed E-state index contributed by atoms with van der Waals surface area (Å²) < 4.78 is 1.62. The minimum atomic E-state index is -0.745. The molecule has 3 nitrogen and oxygen atoms in total. The highest BCUT2D eigenvalue weighted by Gasteiger charge is 2.21. The second-order valence-electron chi connectivity index (χ2n) is 4.72. The van der Waals surface area contributed by atoms with Crippen LogP contribution in [0.2, 0.25) is 5.02 Å². The average molecular weight is 265 g/mol. The van der Waals surface area contributed by atoms with Crippen LogP contribution in [-0.4, -0.2) is 14.9 Å². The van der Waals surface area contributed by atoms with Crippen molar-refractivity contribution in [2.75, 3.05) is 0 Å². The Balaban J connectivity index is 2.56. The van der Waals surface area contributed by atoms with Gasteiger partial charge in [0.05, 0.1) is 16.9 Å². The smallest absolute Gasteiger partial charge is 0.123 e. The zero-order valence-corrected chi connectivity index (χ0v) is 11.8. The number of hydrogen-bond donors (Lipinski definition) is 1. The first kappa shape index (κ1) is 13.1. The van der Waals surface area contributed by atoms with Crippen molar-refractivity contribution in [3.05, 3.63) is 51.3 Å². The molecule has 0 saturated heterocycles. The molecule has 0 aliphatic heterocycles. The molecule has 2 rings (SSSR count). The van der Waals surface area contributed by atoms with Crippen LogP contribution in [0.25, 0.3) is 0 Å². The van der Waals surface area contributed by atoms with E-state index in [1.807, 2.05) is 20.8 Å². The summed E-state index contributed by atoms with van der Waals surface area (Å²) in [7, 11) is 1.78. The van der Waals surface area contributed by atoms with Crippen molar-refractivity contribution in [1.29, 1.82) is 0 Å². The lowest BCUT2D eigenvalue weighted by molar-refractivity contribution is 0.208. The molecule has 0 spiro atoms. The van der Waals surface area contributed by atoms with Gasteiger partial charge in [0.1, 0.15) is 6.10 Å². The first-order chi connectivity index (χ1) is 8.41. The summed E-state index contributed by atoms with van der Waals surface area (Å²) in [4.78, 5) is 0. The minimum absolute atomic E-state index is 0.490. The lowest BCUT2D eigenvalue weighted by Crippen LogP contribution is -2.10. The van der Waals surface area contributed by atoms with E-state index in [0.717, 1.165) is 16.7 Å². The Morgan fingerprint density at radius 1 is 1.22 bits per heavy atom. The fraction of sp³-hybridized carbons (Fsp3) is 0.357. The molecule has 1 aromatic heterocycles. The van der Waals surface area contributed by atoms with E-state index < -0.39 is 6.10 Å². The number of nitrogens with zero attached hydrogens (tertiary/aromatic N) is 2. The number of aromatic nitrogens is 2. The molecule has 96 valence electrons. The third kappa shape index (κ3) is 2.16. The molecule has 0 aliphatic rings. The average Bonchev–Trinajstić information content (AvgIpc) is 2.56. The zero-order chi connectivity index (χ0) is 13.4. The van der Waals surface area contributed by atoms with Gasteiger partial charge in [0, 0.05) is 7.05 Å². The van der Waals surface area contributed by atoms with Gasteiger partial charge in [0.25, 0.3) is 0 Å². The minimum Gasteiger partial charge on any atom is -0.382 e. The molecule has 0 saturated carbocycles. The molecule has 1 aromatic carbocycles. The van der Waals surface area contributed by atoms with Crippen molar-refractivity contribution >= 4 is 11.6 Å². The summed E-state index contributed by atoms with van der Waals surface area (Å²) in [5, 5.41) is 15.1. The maximum Gasteiger partial charge on any atom is 0.123 e. The maximum absolute atomic E-state index is 10.5. The van der Waals surface area contributed by atoms with Crippen LogP contribution < -0.4 is 0 Å². The fourth-order valence-corrected chi connectivity index (χ4v) is 2.76. The summed E-state index contributed by atoms with van der Waals surface area (Å²) in [6.45, 7) is 6.05. The highest BCUT2D eigenvalue weighted by Crippen LogP contribution is 2.32. The monoisotopic (exact) mass is 264 g/mol. The van der Waals surface area contributed by atoms with E-state index in [4.69, 9.17) is 11.6 Å². The predicted molar refractivity (Wildman–Crippen MR) is 72.9 cm³/mol. The molecule has 0 amide bonds. The Labute approximate surface area is 112 Å². The number of benzene rings is 1. The molecule has 2 aromatic rings. The van der Waals surface area contributed by atoms with Gasteiger partial charge in [-0.05, 0) is 37.5 Å². The molecular weight excluding hydrogens is 248 g/mol. The van der Waals surface area contributed by atoms with Gasteiger partial charge in [-0.15, -0.1) is 0 Å². The lowest BCUT2D eigenvalue weighted by Gasteiger charge is -2.18. The molecule has 1 N–H and O–H groups in total. The maximum atomic E-state index is 10.5. The fourth-order valence-electron chi connectivity index (χ4n) is 2.49. The van der Waals surface area contributed by atoms with Crippen molar-refractivity contribution in [1.82, 2.24) is 9.78 Å². The van der Waals surface area contributed by atoms with Crippen molar-refractivity contribution < 1.29 is 5.11 Å². The van der Waals surface area contributed by atoms with Crippen molar-refractivity contribution in [3.8, 4) is 0 Å². The van der Waals surface area contributed by atoms with Crippen molar-refractivity contribution in [3.63, 3.8) is 0 Å². The van der Waals surface area contributed by atoms with Gasteiger partial charge in [-0.2, -0.15) is 5.10 Å². The van der Waals surface area contributed by atoms with Gasteiger partial charge in [0.2, 0.25) is 0 Å². The Morgan fingerprint density at radius 2 is 1.78 bits per heavy atom. The van der Waals surface area contributed by atoms with Crippen LogP contribution in [-0.2, 0) is 7.05 Å². The molecule has 1 atom stereocenters. The van der Waals surface area contributed by atoms with E-state index in [1.54, 1.807) is 17.9 Å². The zero-order valence-electron chi connectivity index (χ0n) is 11.0. The summed E-state index contributed by atoms with van der Waals surface area (Å²) in [6.07, 6.45) is 0.810. The highest BCUT2D eigenvalue weighted by molar-refractivity contribution is 6.31. The predicted octanol–water partition coefficient (Wildman–Crippen LogP) is 3.08. The third-order valence-electron chi connectivity index (χ3n) is 3.21. The van der Waals surface area contributed by atoms with Crippen LogP contribution in [0.15, 0.2) is 18.3 Å². The second kappa shape index (κ2) is 4.75. The normalized spacial score (nSPS) is 12.8. The Hall–Kier alpha value is -1.32. The van der Waals surface area contributed by atoms with Crippen LogP contribution in [0.1, 0.15) is 34.1 Å². The van der Waals surface area contributed by atoms with Crippen LogP contribution in [0, 0.1) is 20.8 Å². The topological polar surface area (TPSA) is 38.1 Å². The van der Waals surface area contributed by atoms with E-state index in [0.29, 0.717) is 10.7 Å². The van der Waals surface area contributed by atoms with Crippen molar-refractivity contribution in [2.45, 2.75) is 26.9 Å². The standard InChI is InChI=1S/C14H17ClN2O/c1-8-5-9(2)12(10(3)6-8)14(18)13-11(15)7-16-17(13)4/h5-7,14,18H,1-4H3. The number of aliphatic hydroxyl groups is 1. The molecule has 0 aliphatic carbocycles. The van der Waals surface area contributed by atoms with Gasteiger partial charge < -0.3 is 5.11 Å². The van der Waals surface area contributed by atoms with Gasteiger partial charge in [-0.1, -0.05) is 29.3 Å². The largest absolute Gasteiger partial charge is 0.382 e. The quantitative estimate of drug-likeness (QED) is 0.905. The molecule has 0 bridgehead atoms. The SMILES string of the molecule is Cc1cc(C)c(C(O)c2c(Cl)cnn2C)c(C)c1. The Morgan fingerprint density at radius 3 is 2.22 bits per heavy atom. The number of aryl methyl sites for hydroxylation is 4. The third-order valence-corrected chi connectivity index (χ3v) is 3.50. The molecule has 0 fully saturated rings. The van der Waals surface area contributed by atoms with Crippen LogP contribution in [0.3, 0.4) is 0 Å². The van der Waals surface area contributed by atoms with E-state index in [-0.39, 0.29) is 0 Å². The van der Waals surface area contributed by atoms with E-state index in [9.17, 15) is 5.11 Å². The molecule has 4 heteroatoms. The summed E-state index contributed by atoms with van der Waals surface area (Å²) in [5.74, 6) is 0. The number of hydrogen-bond acceptors (Lipinski definition) is 2. The first-order valence-corrected chi connectivity index (χ1v) is 6.22. The van der Waals surface area contributed by atoms with Gasteiger partial charge >= 0.3 is 0 Å². The van der Waals surface area contributed by atoms with E-state index in [1.165, 1.54) is 5.56 Å². The number of rotatable bonds is 2. The summed E-state index contributed by atoms with van der Waals surface area (Å²) >= 11 is 6.08. The lowest BCUT2D eigenvalue weighted by atomic mass is 9.94. The van der Waals surface area contributed by atoms with Crippen LogP contribution in [0.5, 0.6) is 0 Å². The molecule has 1 unspecified atom stereocenters. The molecule has 18 heavy (non-hydrogen) atoms. The Kier molecular flexibility index (Phi) is 3.46. The van der Waals surface area contributed by atoms with Gasteiger partial charge in [-0.25, -0.2) is 0 Å². The van der Waals surface area contributed by atoms with E-state index in [2.05, 4.69) is 17.2 Å². The van der Waals surface area contributed by atoms with Crippen molar-refractivity contribution in [2.24, 2.45) is 7.05 Å². The highest BCUT2D eigenvalue weighted by atomic mass is 35.5. The van der Waals surface area contributed by atoms with Gasteiger partial charge in [0.15, 0.2) is 0 Å². The summed E-state index contributed by atoms with van der Waals surface area (Å²) in [5.41, 5.74) is 4.87. The Bertz CT molecular complexity index is 547. The number of aliphatic hydroxyl groups excluding tert-OH is 1. The first-order valence-electron chi connectivity index (χ1n) is 5.85. The number of halogens is 1. The summed E-state index contributed by atoms with van der Waals surface area (Å²) in [6, 6.07) is 4.13. The molecular formula is C14H17ClN2O. The van der Waals surface area contributed by atoms with Crippen LogP contribution in [0.4, 0.5) is 0 Å². The molecule has 0 radical (unpaired) electrons. The second-order valence-corrected chi connectivity index (χ2v) is 5.12.